The van der Waals surface area contributed by atoms with Crippen LogP contribution in [0, 0.1) is 0 Å². The fraction of sp³-hybridized carbons (Fsp3) is 0.160. The van der Waals surface area contributed by atoms with E-state index in [2.05, 4.69) is 50.7 Å². The number of aromatic nitrogens is 2. The van der Waals surface area contributed by atoms with Crippen LogP contribution in [0.5, 0.6) is 0 Å². The van der Waals surface area contributed by atoms with Crippen LogP contribution in [0.15, 0.2) is 78.9 Å². The summed E-state index contributed by atoms with van der Waals surface area (Å²) < 4.78 is 0. The normalized spacial score (nSPS) is 13.9. The Balaban J connectivity index is 1.21. The van der Waals surface area contributed by atoms with Crippen molar-refractivity contribution in [3.05, 3.63) is 83.9 Å². The highest BCUT2D eigenvalue weighted by Crippen LogP contribution is 2.24. The largest absolute Gasteiger partial charge is 0.352 e. The molecule has 1 aliphatic rings. The minimum Gasteiger partial charge on any atom is -0.352 e. The van der Waals surface area contributed by atoms with Gasteiger partial charge in [0, 0.05) is 42.5 Å². The van der Waals surface area contributed by atoms with E-state index >= 15 is 0 Å². The lowest BCUT2D eigenvalue weighted by Crippen LogP contribution is -2.50. The van der Waals surface area contributed by atoms with Crippen LogP contribution in [-0.2, 0) is 0 Å². The Morgan fingerprint density at radius 3 is 2.38 bits per heavy atom. The monoisotopic (exact) mass is 443 g/mol. The van der Waals surface area contributed by atoms with E-state index in [4.69, 9.17) is 11.6 Å². The van der Waals surface area contributed by atoms with Gasteiger partial charge in [0.15, 0.2) is 5.82 Å². The number of urea groups is 1. The maximum atomic E-state index is 12.5. The summed E-state index contributed by atoms with van der Waals surface area (Å²) in [6.45, 7) is 2.63. The summed E-state index contributed by atoms with van der Waals surface area (Å²) in [6.07, 6.45) is 0. The molecule has 1 N–H and O–H groups in total. The summed E-state index contributed by atoms with van der Waals surface area (Å²) in [7, 11) is 0. The zero-order valence-corrected chi connectivity index (χ0v) is 18.2. The quantitative estimate of drug-likeness (QED) is 0.466. The predicted octanol–water partition coefficient (Wildman–Crippen LogP) is 5.30. The van der Waals surface area contributed by atoms with Gasteiger partial charge in [-0.15, -0.1) is 10.2 Å². The Bertz CT molecular complexity index is 1250. The summed E-state index contributed by atoms with van der Waals surface area (Å²) in [5.74, 6) is 0.824. The van der Waals surface area contributed by atoms with Gasteiger partial charge in [0.1, 0.15) is 0 Å². The van der Waals surface area contributed by atoms with Gasteiger partial charge in [-0.1, -0.05) is 54.1 Å². The van der Waals surface area contributed by atoms with Crippen LogP contribution in [0.2, 0.25) is 5.02 Å². The average molecular weight is 444 g/mol. The van der Waals surface area contributed by atoms with Crippen molar-refractivity contribution in [1.82, 2.24) is 15.1 Å². The van der Waals surface area contributed by atoms with Crippen molar-refractivity contribution in [1.29, 1.82) is 0 Å². The van der Waals surface area contributed by atoms with Crippen molar-refractivity contribution in [3.8, 4) is 11.3 Å². The van der Waals surface area contributed by atoms with E-state index in [0.717, 1.165) is 17.1 Å². The Hall–Kier alpha value is -3.64. The molecule has 2 amide bonds. The fourth-order valence-corrected chi connectivity index (χ4v) is 4.09. The summed E-state index contributed by atoms with van der Waals surface area (Å²) in [6, 6.07) is 25.6. The Morgan fingerprint density at radius 1 is 0.812 bits per heavy atom. The summed E-state index contributed by atoms with van der Waals surface area (Å²) >= 11 is 5.99. The molecule has 0 radical (unpaired) electrons. The van der Waals surface area contributed by atoms with Crippen LogP contribution in [0.3, 0.4) is 0 Å². The zero-order valence-electron chi connectivity index (χ0n) is 17.4. The number of nitrogens with zero attached hydrogens (tertiary/aromatic N) is 4. The number of rotatable bonds is 3. The molecule has 0 aliphatic carbocycles. The first kappa shape index (κ1) is 20.3. The van der Waals surface area contributed by atoms with Crippen LogP contribution >= 0.6 is 11.6 Å². The van der Waals surface area contributed by atoms with Gasteiger partial charge in [-0.25, -0.2) is 4.79 Å². The van der Waals surface area contributed by atoms with Gasteiger partial charge in [-0.2, -0.15) is 0 Å². The van der Waals surface area contributed by atoms with E-state index in [1.54, 1.807) is 17.0 Å². The van der Waals surface area contributed by atoms with Gasteiger partial charge in [-0.05, 0) is 47.2 Å². The van der Waals surface area contributed by atoms with Crippen molar-refractivity contribution in [2.75, 3.05) is 36.4 Å². The minimum atomic E-state index is -0.121. The standard InChI is InChI=1S/C25H22ClN5O/c26-21-6-3-7-22(17-21)27-25(32)31-14-12-30(13-15-31)24-11-10-23(28-29-24)20-9-8-18-4-1-2-5-19(18)16-20/h1-11,16-17H,12-15H2,(H,27,32). The molecule has 0 bridgehead atoms. The molecule has 5 rings (SSSR count). The number of amides is 2. The number of nitrogens with one attached hydrogen (secondary N) is 1. The number of hydrogen-bond acceptors (Lipinski definition) is 4. The molecule has 160 valence electrons. The van der Waals surface area contributed by atoms with Gasteiger partial charge < -0.3 is 15.1 Å². The van der Waals surface area contributed by atoms with Crippen LogP contribution in [0.4, 0.5) is 16.3 Å². The highest BCUT2D eigenvalue weighted by Gasteiger charge is 2.22. The number of benzene rings is 3. The second-order valence-corrected chi connectivity index (χ2v) is 8.19. The van der Waals surface area contributed by atoms with Crippen molar-refractivity contribution in [2.45, 2.75) is 0 Å². The molecule has 3 aromatic carbocycles. The van der Waals surface area contributed by atoms with Gasteiger partial charge in [0.05, 0.1) is 5.69 Å². The summed E-state index contributed by atoms with van der Waals surface area (Å²) in [5.41, 5.74) is 2.59. The van der Waals surface area contributed by atoms with Crippen molar-refractivity contribution >= 4 is 39.9 Å². The molecule has 0 atom stereocenters. The van der Waals surface area contributed by atoms with E-state index in [0.29, 0.717) is 36.9 Å². The molecular formula is C25H22ClN5O. The number of carbonyl (C=O) groups is 1. The van der Waals surface area contributed by atoms with Gasteiger partial charge in [0.25, 0.3) is 0 Å². The highest BCUT2D eigenvalue weighted by atomic mass is 35.5. The topological polar surface area (TPSA) is 61.4 Å². The van der Waals surface area contributed by atoms with Gasteiger partial charge >= 0.3 is 6.03 Å². The SMILES string of the molecule is O=C(Nc1cccc(Cl)c1)N1CCN(c2ccc(-c3ccc4ccccc4c3)nn2)CC1. The smallest absolute Gasteiger partial charge is 0.321 e. The molecule has 32 heavy (non-hydrogen) atoms. The highest BCUT2D eigenvalue weighted by molar-refractivity contribution is 6.30. The Kier molecular flexibility index (Phi) is 5.60. The lowest BCUT2D eigenvalue weighted by atomic mass is 10.1. The van der Waals surface area contributed by atoms with E-state index in [-0.39, 0.29) is 6.03 Å². The van der Waals surface area contributed by atoms with Crippen LogP contribution in [-0.4, -0.2) is 47.3 Å². The predicted molar refractivity (Wildman–Crippen MR) is 129 cm³/mol. The lowest BCUT2D eigenvalue weighted by Gasteiger charge is -2.35. The molecule has 0 saturated carbocycles. The van der Waals surface area contributed by atoms with E-state index < -0.39 is 0 Å². The lowest BCUT2D eigenvalue weighted by molar-refractivity contribution is 0.208. The number of carbonyl (C=O) groups excluding carboxylic acids is 1. The minimum absolute atomic E-state index is 0.121. The maximum absolute atomic E-state index is 12.5. The first-order chi connectivity index (χ1) is 15.7. The van der Waals surface area contributed by atoms with Crippen LogP contribution < -0.4 is 10.2 Å². The third-order valence-corrected chi connectivity index (χ3v) is 5.90. The molecule has 0 unspecified atom stereocenters. The molecular weight excluding hydrogens is 422 g/mol. The zero-order chi connectivity index (χ0) is 21.9. The number of fused-ring (bicyclic) bond motifs is 1. The van der Waals surface area contributed by atoms with E-state index in [1.165, 1.54) is 10.8 Å². The average Bonchev–Trinajstić information content (AvgIpc) is 2.84. The van der Waals surface area contributed by atoms with E-state index in [1.807, 2.05) is 36.4 Å². The second-order valence-electron chi connectivity index (χ2n) is 7.75. The second kappa shape index (κ2) is 8.85. The first-order valence-corrected chi connectivity index (χ1v) is 10.9. The molecule has 4 aromatic rings. The van der Waals surface area contributed by atoms with Crippen molar-refractivity contribution in [2.24, 2.45) is 0 Å². The van der Waals surface area contributed by atoms with Crippen molar-refractivity contribution in [3.63, 3.8) is 0 Å². The maximum Gasteiger partial charge on any atom is 0.321 e. The number of piperazine rings is 1. The third kappa shape index (κ3) is 4.36. The molecule has 7 heteroatoms. The molecule has 0 spiro atoms. The molecule has 2 heterocycles. The molecule has 6 nitrogen and oxygen atoms in total. The molecule has 1 aliphatic heterocycles. The number of halogens is 1. The molecule has 1 saturated heterocycles. The fourth-order valence-electron chi connectivity index (χ4n) is 3.90. The van der Waals surface area contributed by atoms with Crippen molar-refractivity contribution < 1.29 is 4.79 Å². The van der Waals surface area contributed by atoms with Crippen LogP contribution in [0.25, 0.3) is 22.0 Å². The number of anilines is 2. The molecule has 1 aromatic heterocycles. The van der Waals surface area contributed by atoms with Gasteiger partial charge in [0.2, 0.25) is 0 Å². The van der Waals surface area contributed by atoms with Crippen LogP contribution in [0.1, 0.15) is 0 Å². The summed E-state index contributed by atoms with van der Waals surface area (Å²) in [4.78, 5) is 16.5. The summed E-state index contributed by atoms with van der Waals surface area (Å²) in [5, 5.41) is 14.8. The van der Waals surface area contributed by atoms with E-state index in [9.17, 15) is 4.79 Å². The molecule has 1 fully saturated rings. The Morgan fingerprint density at radius 2 is 1.62 bits per heavy atom. The Labute approximate surface area is 191 Å². The third-order valence-electron chi connectivity index (χ3n) is 5.66. The van der Waals surface area contributed by atoms with Gasteiger partial charge in [-0.3, -0.25) is 0 Å². The first-order valence-electron chi connectivity index (χ1n) is 10.5. The number of hydrogen-bond donors (Lipinski definition) is 1.